The lowest BCUT2D eigenvalue weighted by atomic mass is 10.1. The first-order valence-electron chi connectivity index (χ1n) is 7.56. The lowest BCUT2D eigenvalue weighted by molar-refractivity contribution is -0.121. The van der Waals surface area contributed by atoms with Gasteiger partial charge in [0, 0.05) is 26.2 Å². The highest BCUT2D eigenvalue weighted by molar-refractivity contribution is 5.76. The van der Waals surface area contributed by atoms with E-state index in [2.05, 4.69) is 20.5 Å². The third-order valence-electron chi connectivity index (χ3n) is 4.06. The molecule has 7 heteroatoms. The normalized spacial score (nSPS) is 12.4. The number of hydrogen-bond acceptors (Lipinski definition) is 4. The van der Waals surface area contributed by atoms with Gasteiger partial charge in [0.05, 0.1) is 11.7 Å². The quantitative estimate of drug-likeness (QED) is 0.874. The maximum Gasteiger partial charge on any atom is 0.220 e. The molecule has 1 unspecified atom stereocenters. The number of hydrogen-bond donors (Lipinski definition) is 1. The van der Waals surface area contributed by atoms with Crippen LogP contribution in [-0.4, -0.2) is 30.5 Å². The van der Waals surface area contributed by atoms with Gasteiger partial charge in [-0.05, 0) is 32.3 Å². The second-order valence-corrected chi connectivity index (χ2v) is 5.54. The van der Waals surface area contributed by atoms with Crippen LogP contribution >= 0.6 is 0 Å². The Kier molecular flexibility index (Phi) is 4.95. The fourth-order valence-corrected chi connectivity index (χ4v) is 2.65. The van der Waals surface area contributed by atoms with Crippen LogP contribution in [0.1, 0.15) is 48.6 Å². The minimum atomic E-state index is -0.101. The van der Waals surface area contributed by atoms with Crippen LogP contribution in [-0.2, 0) is 25.3 Å². The molecule has 0 aliphatic heterocycles. The molecule has 0 fully saturated rings. The summed E-state index contributed by atoms with van der Waals surface area (Å²) in [6, 6.07) is -0.101. The van der Waals surface area contributed by atoms with Gasteiger partial charge in [0.25, 0.3) is 0 Å². The first-order chi connectivity index (χ1) is 10.4. The number of carbonyl (C=O) groups excluding carboxylic acids is 1. The summed E-state index contributed by atoms with van der Waals surface area (Å²) in [6.45, 7) is 6.03. The Bertz CT molecular complexity index is 657. The molecule has 0 aromatic carbocycles. The number of rotatable bonds is 6. The first-order valence-corrected chi connectivity index (χ1v) is 7.56. The molecule has 1 N–H and O–H groups in total. The second kappa shape index (κ2) is 6.72. The van der Waals surface area contributed by atoms with Gasteiger partial charge >= 0.3 is 0 Å². The number of nitrogens with zero attached hydrogens (tertiary/aromatic N) is 5. The Balaban J connectivity index is 1.96. The molecule has 2 aromatic heterocycles. The van der Waals surface area contributed by atoms with Crippen molar-refractivity contribution >= 4 is 5.91 Å². The van der Waals surface area contributed by atoms with Crippen molar-refractivity contribution in [1.82, 2.24) is 29.9 Å². The maximum absolute atomic E-state index is 12.2. The minimum Gasteiger partial charge on any atom is -0.346 e. The molecular weight excluding hydrogens is 280 g/mol. The van der Waals surface area contributed by atoms with Gasteiger partial charge in [-0.3, -0.25) is 14.2 Å². The minimum absolute atomic E-state index is 0.0255. The molecule has 0 saturated carbocycles. The van der Waals surface area contributed by atoms with Crippen LogP contribution in [0.15, 0.2) is 6.33 Å². The van der Waals surface area contributed by atoms with Gasteiger partial charge in [0.15, 0.2) is 0 Å². The average Bonchev–Trinajstić information content (AvgIpc) is 2.99. The number of carbonyl (C=O) groups is 1. The molecule has 1 amide bonds. The van der Waals surface area contributed by atoms with Crippen LogP contribution in [0.5, 0.6) is 0 Å². The lowest BCUT2D eigenvalue weighted by Gasteiger charge is -2.16. The average molecular weight is 304 g/mol. The van der Waals surface area contributed by atoms with E-state index in [4.69, 9.17) is 0 Å². The van der Waals surface area contributed by atoms with E-state index < -0.39 is 0 Å². The monoisotopic (exact) mass is 304 g/mol. The highest BCUT2D eigenvalue weighted by Crippen LogP contribution is 2.16. The van der Waals surface area contributed by atoms with Gasteiger partial charge < -0.3 is 5.32 Å². The standard InChI is InChI=1S/C15H24N6O/c1-6-13(15-16-9-17-21(15)5)18-14(22)8-7-12-10(2)19-20(4)11(12)3/h9,13H,6-8H2,1-5H3,(H,18,22). The molecule has 0 aliphatic rings. The van der Waals surface area contributed by atoms with E-state index in [-0.39, 0.29) is 11.9 Å². The van der Waals surface area contributed by atoms with E-state index in [1.165, 1.54) is 6.33 Å². The van der Waals surface area contributed by atoms with E-state index in [1.54, 1.807) is 4.68 Å². The Morgan fingerprint density at radius 2 is 2.05 bits per heavy atom. The zero-order valence-corrected chi connectivity index (χ0v) is 13.9. The summed E-state index contributed by atoms with van der Waals surface area (Å²) >= 11 is 0. The van der Waals surface area contributed by atoms with Gasteiger partial charge in [-0.2, -0.15) is 10.2 Å². The van der Waals surface area contributed by atoms with Gasteiger partial charge in [-0.1, -0.05) is 6.92 Å². The van der Waals surface area contributed by atoms with Gasteiger partial charge in [0.1, 0.15) is 12.2 Å². The Morgan fingerprint density at radius 3 is 2.55 bits per heavy atom. The molecule has 2 aromatic rings. The Morgan fingerprint density at radius 1 is 1.32 bits per heavy atom. The van der Waals surface area contributed by atoms with Crippen molar-refractivity contribution in [2.45, 2.75) is 46.1 Å². The first kappa shape index (κ1) is 16.2. The third kappa shape index (κ3) is 3.35. The van der Waals surface area contributed by atoms with Gasteiger partial charge in [-0.25, -0.2) is 4.98 Å². The number of aryl methyl sites for hydroxylation is 3. The summed E-state index contributed by atoms with van der Waals surface area (Å²) in [4.78, 5) is 16.4. The van der Waals surface area contributed by atoms with Crippen LogP contribution < -0.4 is 5.32 Å². The Hall–Kier alpha value is -2.18. The molecule has 7 nitrogen and oxygen atoms in total. The molecule has 1 atom stereocenters. The van der Waals surface area contributed by atoms with E-state index in [9.17, 15) is 4.79 Å². The van der Waals surface area contributed by atoms with Crippen LogP contribution in [0.3, 0.4) is 0 Å². The fraction of sp³-hybridized carbons (Fsp3) is 0.600. The summed E-state index contributed by atoms with van der Waals surface area (Å²) in [5.74, 6) is 0.807. The van der Waals surface area contributed by atoms with Gasteiger partial charge in [0.2, 0.25) is 5.91 Å². The summed E-state index contributed by atoms with van der Waals surface area (Å²) < 4.78 is 3.56. The fourth-order valence-electron chi connectivity index (χ4n) is 2.65. The number of nitrogens with one attached hydrogen (secondary N) is 1. The van der Waals surface area contributed by atoms with Gasteiger partial charge in [-0.15, -0.1) is 0 Å². The zero-order valence-electron chi connectivity index (χ0n) is 13.9. The molecule has 0 bridgehead atoms. The molecule has 22 heavy (non-hydrogen) atoms. The highest BCUT2D eigenvalue weighted by Gasteiger charge is 2.18. The van der Waals surface area contributed by atoms with E-state index in [0.29, 0.717) is 12.8 Å². The van der Waals surface area contributed by atoms with E-state index in [0.717, 1.165) is 29.2 Å². The Labute approximate surface area is 130 Å². The molecule has 0 spiro atoms. The summed E-state index contributed by atoms with van der Waals surface area (Å²) in [5, 5.41) is 11.5. The molecule has 2 heterocycles. The predicted molar refractivity (Wildman–Crippen MR) is 83.2 cm³/mol. The summed E-state index contributed by atoms with van der Waals surface area (Å²) in [5.41, 5.74) is 3.27. The number of amides is 1. The largest absolute Gasteiger partial charge is 0.346 e. The summed E-state index contributed by atoms with van der Waals surface area (Å²) in [7, 11) is 3.76. The van der Waals surface area contributed by atoms with Crippen molar-refractivity contribution in [2.24, 2.45) is 14.1 Å². The van der Waals surface area contributed by atoms with Crippen molar-refractivity contribution in [3.05, 3.63) is 29.1 Å². The van der Waals surface area contributed by atoms with E-state index >= 15 is 0 Å². The molecule has 0 aliphatic carbocycles. The summed E-state index contributed by atoms with van der Waals surface area (Å²) in [6.07, 6.45) is 3.43. The van der Waals surface area contributed by atoms with Crippen molar-refractivity contribution in [3.8, 4) is 0 Å². The molecule has 120 valence electrons. The van der Waals surface area contributed by atoms with Crippen molar-refractivity contribution < 1.29 is 4.79 Å². The topological polar surface area (TPSA) is 77.6 Å². The predicted octanol–water partition coefficient (Wildman–Crippen LogP) is 1.37. The van der Waals surface area contributed by atoms with Crippen LogP contribution in [0.2, 0.25) is 0 Å². The SMILES string of the molecule is CCC(NC(=O)CCc1c(C)nn(C)c1C)c1ncnn1C. The van der Waals surface area contributed by atoms with E-state index in [1.807, 2.05) is 39.5 Å². The zero-order chi connectivity index (χ0) is 16.3. The highest BCUT2D eigenvalue weighted by atomic mass is 16.1. The lowest BCUT2D eigenvalue weighted by Crippen LogP contribution is -2.30. The van der Waals surface area contributed by atoms with Crippen LogP contribution in [0.4, 0.5) is 0 Å². The van der Waals surface area contributed by atoms with Crippen molar-refractivity contribution in [3.63, 3.8) is 0 Å². The maximum atomic E-state index is 12.2. The molecule has 2 rings (SSSR count). The van der Waals surface area contributed by atoms with Crippen molar-refractivity contribution in [1.29, 1.82) is 0 Å². The molecule has 0 saturated heterocycles. The van der Waals surface area contributed by atoms with Crippen LogP contribution in [0.25, 0.3) is 0 Å². The van der Waals surface area contributed by atoms with Crippen LogP contribution in [0, 0.1) is 13.8 Å². The third-order valence-corrected chi connectivity index (χ3v) is 4.06. The second-order valence-electron chi connectivity index (χ2n) is 5.54. The van der Waals surface area contributed by atoms with Crippen molar-refractivity contribution in [2.75, 3.05) is 0 Å². The molecule has 0 radical (unpaired) electrons. The smallest absolute Gasteiger partial charge is 0.220 e. The number of aromatic nitrogens is 5. The molecular formula is C15H24N6O.